The number of anilines is 1. The van der Waals surface area contributed by atoms with Gasteiger partial charge in [-0.2, -0.15) is 0 Å². The van der Waals surface area contributed by atoms with Gasteiger partial charge in [-0.1, -0.05) is 12.1 Å². The molecule has 0 saturated carbocycles. The van der Waals surface area contributed by atoms with Gasteiger partial charge in [-0.15, -0.1) is 0 Å². The molecule has 3 rings (SSSR count). The minimum absolute atomic E-state index is 0.0304. The molecule has 118 valence electrons. The monoisotopic (exact) mass is 310 g/mol. The average Bonchev–Trinajstić information content (AvgIpc) is 2.62. The van der Waals surface area contributed by atoms with Crippen LogP contribution >= 0.6 is 0 Å². The molecule has 0 atom stereocenters. The number of benzene rings is 1. The highest BCUT2D eigenvalue weighted by molar-refractivity contribution is 5.90. The second-order valence-electron chi connectivity index (χ2n) is 4.91. The number of aromatic nitrogens is 3. The van der Waals surface area contributed by atoms with Crippen LogP contribution in [0, 0.1) is 0 Å². The molecule has 0 aliphatic carbocycles. The summed E-state index contributed by atoms with van der Waals surface area (Å²) in [6, 6.07) is 11.7. The quantitative estimate of drug-likeness (QED) is 0.651. The average molecular weight is 310 g/mol. The lowest BCUT2D eigenvalue weighted by Gasteiger charge is -2.11. The van der Waals surface area contributed by atoms with Gasteiger partial charge in [0.25, 0.3) is 0 Å². The van der Waals surface area contributed by atoms with Crippen molar-refractivity contribution in [3.8, 4) is 11.4 Å². The van der Waals surface area contributed by atoms with Crippen molar-refractivity contribution in [1.29, 1.82) is 0 Å². The molecule has 0 unspecified atom stereocenters. The normalized spacial score (nSPS) is 10.8. The summed E-state index contributed by atoms with van der Waals surface area (Å²) in [6.45, 7) is 1.48. The van der Waals surface area contributed by atoms with Crippen LogP contribution in [-0.2, 0) is 4.74 Å². The minimum atomic E-state index is 0.0304. The molecule has 23 heavy (non-hydrogen) atoms. The first-order valence-corrected chi connectivity index (χ1v) is 7.48. The van der Waals surface area contributed by atoms with Crippen LogP contribution in [0.5, 0.6) is 0 Å². The second kappa shape index (κ2) is 7.62. The van der Waals surface area contributed by atoms with Gasteiger partial charge in [-0.25, -0.2) is 9.97 Å². The Bertz CT molecular complexity index is 765. The largest absolute Gasteiger partial charge is 0.394 e. The molecule has 0 fully saturated rings. The molecule has 2 N–H and O–H groups in total. The Morgan fingerprint density at radius 3 is 2.65 bits per heavy atom. The maximum absolute atomic E-state index is 8.72. The lowest BCUT2D eigenvalue weighted by Crippen LogP contribution is -2.13. The summed E-state index contributed by atoms with van der Waals surface area (Å²) in [5.41, 5.74) is 1.80. The van der Waals surface area contributed by atoms with Crippen molar-refractivity contribution < 1.29 is 9.84 Å². The maximum Gasteiger partial charge on any atom is 0.162 e. The Labute approximate surface area is 134 Å². The highest BCUT2D eigenvalue weighted by Crippen LogP contribution is 2.24. The van der Waals surface area contributed by atoms with E-state index in [1.54, 1.807) is 12.4 Å². The van der Waals surface area contributed by atoms with Crippen LogP contribution in [0.4, 0.5) is 5.82 Å². The van der Waals surface area contributed by atoms with E-state index in [0.29, 0.717) is 25.6 Å². The van der Waals surface area contributed by atoms with Crippen LogP contribution in [0.25, 0.3) is 22.3 Å². The van der Waals surface area contributed by atoms with E-state index in [-0.39, 0.29) is 6.61 Å². The molecule has 0 aliphatic heterocycles. The van der Waals surface area contributed by atoms with Gasteiger partial charge in [0.2, 0.25) is 0 Å². The predicted molar refractivity (Wildman–Crippen MR) is 89.2 cm³/mol. The molecular formula is C17H18N4O2. The van der Waals surface area contributed by atoms with Crippen molar-refractivity contribution in [1.82, 2.24) is 15.0 Å². The van der Waals surface area contributed by atoms with Crippen molar-refractivity contribution in [3.63, 3.8) is 0 Å². The Morgan fingerprint density at radius 2 is 1.83 bits per heavy atom. The van der Waals surface area contributed by atoms with Crippen LogP contribution in [0.2, 0.25) is 0 Å². The highest BCUT2D eigenvalue weighted by Gasteiger charge is 2.08. The summed E-state index contributed by atoms with van der Waals surface area (Å²) >= 11 is 0. The predicted octanol–water partition coefficient (Wildman–Crippen LogP) is 2.11. The van der Waals surface area contributed by atoms with Gasteiger partial charge in [0, 0.05) is 29.9 Å². The topological polar surface area (TPSA) is 80.2 Å². The number of rotatable bonds is 7. The Balaban J connectivity index is 1.88. The Morgan fingerprint density at radius 1 is 1.00 bits per heavy atom. The minimum Gasteiger partial charge on any atom is -0.394 e. The van der Waals surface area contributed by atoms with E-state index in [9.17, 15) is 0 Å². The van der Waals surface area contributed by atoms with Crippen molar-refractivity contribution in [3.05, 3.63) is 48.8 Å². The van der Waals surface area contributed by atoms with Gasteiger partial charge in [-0.05, 0) is 24.3 Å². The lowest BCUT2D eigenvalue weighted by molar-refractivity contribution is 0.0992. The third-order valence-corrected chi connectivity index (χ3v) is 3.32. The zero-order valence-electron chi connectivity index (χ0n) is 12.6. The molecule has 0 saturated heterocycles. The van der Waals surface area contributed by atoms with Gasteiger partial charge in [0.15, 0.2) is 5.82 Å². The van der Waals surface area contributed by atoms with E-state index in [4.69, 9.17) is 9.84 Å². The molecule has 6 nitrogen and oxygen atoms in total. The van der Waals surface area contributed by atoms with E-state index in [1.807, 2.05) is 36.4 Å². The Kier molecular flexibility index (Phi) is 5.08. The van der Waals surface area contributed by atoms with Crippen LogP contribution in [0.15, 0.2) is 48.8 Å². The highest BCUT2D eigenvalue weighted by atomic mass is 16.5. The van der Waals surface area contributed by atoms with Crippen molar-refractivity contribution in [2.24, 2.45) is 0 Å². The molecular weight excluding hydrogens is 292 g/mol. The van der Waals surface area contributed by atoms with E-state index in [2.05, 4.69) is 20.3 Å². The van der Waals surface area contributed by atoms with Gasteiger partial charge in [0.05, 0.1) is 25.3 Å². The third-order valence-electron chi connectivity index (χ3n) is 3.32. The zero-order valence-corrected chi connectivity index (χ0v) is 12.6. The number of hydrogen-bond donors (Lipinski definition) is 2. The van der Waals surface area contributed by atoms with Gasteiger partial charge >= 0.3 is 0 Å². The summed E-state index contributed by atoms with van der Waals surface area (Å²) in [5.74, 6) is 1.43. The van der Waals surface area contributed by atoms with E-state index < -0.39 is 0 Å². The third kappa shape index (κ3) is 3.80. The summed E-state index contributed by atoms with van der Waals surface area (Å²) in [7, 11) is 0. The molecule has 2 aromatic heterocycles. The fourth-order valence-electron chi connectivity index (χ4n) is 2.25. The van der Waals surface area contributed by atoms with E-state index in [1.165, 1.54) is 0 Å². The van der Waals surface area contributed by atoms with Gasteiger partial charge in [0.1, 0.15) is 5.82 Å². The zero-order chi connectivity index (χ0) is 15.9. The second-order valence-corrected chi connectivity index (χ2v) is 4.91. The number of para-hydroxylation sites is 1. The number of nitrogens with one attached hydrogen (secondary N) is 1. The molecule has 3 aromatic rings. The number of pyridine rings is 1. The first kappa shape index (κ1) is 15.3. The van der Waals surface area contributed by atoms with Gasteiger partial charge in [-0.3, -0.25) is 4.98 Å². The fourth-order valence-corrected chi connectivity index (χ4v) is 2.25. The van der Waals surface area contributed by atoms with Crippen LogP contribution in [0.3, 0.4) is 0 Å². The number of aliphatic hydroxyl groups excluding tert-OH is 1. The summed E-state index contributed by atoms with van der Waals surface area (Å²) in [6.07, 6.45) is 3.45. The van der Waals surface area contributed by atoms with Crippen molar-refractivity contribution in [2.75, 3.05) is 31.7 Å². The summed E-state index contributed by atoms with van der Waals surface area (Å²) < 4.78 is 5.27. The molecule has 1 aromatic carbocycles. The fraction of sp³-hybridized carbons (Fsp3) is 0.235. The first-order valence-electron chi connectivity index (χ1n) is 7.48. The standard InChI is InChI=1S/C17H18N4O2/c22-10-12-23-11-9-19-17-14-3-1-2-4-15(14)20-16(21-17)13-5-7-18-8-6-13/h1-8,22H,9-12H2,(H,19,20,21). The van der Waals surface area contributed by atoms with Crippen molar-refractivity contribution in [2.45, 2.75) is 0 Å². The maximum atomic E-state index is 8.72. The number of aliphatic hydroxyl groups is 1. The van der Waals surface area contributed by atoms with Crippen molar-refractivity contribution >= 4 is 16.7 Å². The molecule has 0 spiro atoms. The first-order chi connectivity index (χ1) is 11.4. The van der Waals surface area contributed by atoms with Crippen LogP contribution in [0.1, 0.15) is 0 Å². The van der Waals surface area contributed by atoms with Crippen LogP contribution in [-0.4, -0.2) is 46.4 Å². The van der Waals surface area contributed by atoms with E-state index in [0.717, 1.165) is 22.3 Å². The van der Waals surface area contributed by atoms with Crippen LogP contribution < -0.4 is 5.32 Å². The lowest BCUT2D eigenvalue weighted by atomic mass is 10.2. The van der Waals surface area contributed by atoms with Gasteiger partial charge < -0.3 is 15.2 Å². The summed E-state index contributed by atoms with van der Waals surface area (Å²) in [5, 5.41) is 13.0. The molecule has 2 heterocycles. The number of hydrogen-bond acceptors (Lipinski definition) is 6. The molecule has 0 radical (unpaired) electrons. The SMILES string of the molecule is OCCOCCNc1nc(-c2ccncc2)nc2ccccc12. The molecule has 0 bridgehead atoms. The molecule has 0 aliphatic rings. The Hall–Kier alpha value is -2.57. The smallest absolute Gasteiger partial charge is 0.162 e. The number of nitrogens with zero attached hydrogens (tertiary/aromatic N) is 3. The molecule has 0 amide bonds. The number of ether oxygens (including phenoxy) is 1. The summed E-state index contributed by atoms with van der Waals surface area (Å²) in [4.78, 5) is 13.3. The molecule has 6 heteroatoms. The number of fused-ring (bicyclic) bond motifs is 1. The van der Waals surface area contributed by atoms with E-state index >= 15 is 0 Å².